The maximum Gasteiger partial charge on any atom is 0.305 e. The molecule has 0 saturated carbocycles. The molecular formula is C18H29ClO3. The van der Waals surface area contributed by atoms with Gasteiger partial charge in [0, 0.05) is 11.4 Å². The van der Waals surface area contributed by atoms with Gasteiger partial charge in [-0.3, -0.25) is 4.79 Å². The van der Waals surface area contributed by atoms with Gasteiger partial charge in [0.25, 0.3) is 0 Å². The smallest absolute Gasteiger partial charge is 0.305 e. The third kappa shape index (κ3) is 8.28. The molecule has 1 N–H and O–H groups in total. The lowest BCUT2D eigenvalue weighted by Crippen LogP contribution is -2.28. The van der Waals surface area contributed by atoms with Crippen LogP contribution in [-0.2, 0) is 16.0 Å². The zero-order valence-corrected chi connectivity index (χ0v) is 15.3. The first-order chi connectivity index (χ1) is 10.2. The number of carbonyl (C=O) groups is 1. The van der Waals surface area contributed by atoms with Crippen LogP contribution in [0.1, 0.15) is 53.5 Å². The number of benzene rings is 1. The maximum atomic E-state index is 11.0. The molecule has 1 aromatic rings. The van der Waals surface area contributed by atoms with Crippen LogP contribution in [0.5, 0.6) is 5.75 Å². The third-order valence-corrected chi connectivity index (χ3v) is 3.44. The molecular weight excluding hydrogens is 300 g/mol. The zero-order valence-electron chi connectivity index (χ0n) is 14.5. The molecule has 22 heavy (non-hydrogen) atoms. The molecule has 0 amide bonds. The molecule has 0 atom stereocenters. The Morgan fingerprint density at radius 2 is 1.68 bits per heavy atom. The Labute approximate surface area is 139 Å². The van der Waals surface area contributed by atoms with Gasteiger partial charge in [0.05, 0.1) is 0 Å². The Morgan fingerprint density at radius 1 is 1.14 bits per heavy atom. The van der Waals surface area contributed by atoms with Crippen molar-refractivity contribution < 1.29 is 14.6 Å². The van der Waals surface area contributed by atoms with Gasteiger partial charge in [0.1, 0.15) is 11.9 Å². The number of rotatable bonds is 5. The quantitative estimate of drug-likeness (QED) is 0.753. The minimum atomic E-state index is -0.0950. The SMILES string of the molecule is CCC(=O)OC(C(C)C)C(C)C.CCc1cc(O)cc(Cl)c1. The molecule has 126 valence electrons. The van der Waals surface area contributed by atoms with Crippen molar-refractivity contribution in [2.75, 3.05) is 0 Å². The molecule has 0 spiro atoms. The Morgan fingerprint density at radius 3 is 2.05 bits per heavy atom. The lowest BCUT2D eigenvalue weighted by atomic mass is 9.96. The highest BCUT2D eigenvalue weighted by Gasteiger charge is 2.20. The fourth-order valence-corrected chi connectivity index (χ4v) is 2.37. The van der Waals surface area contributed by atoms with E-state index in [0.29, 0.717) is 23.3 Å². The minimum absolute atomic E-state index is 0.0671. The lowest BCUT2D eigenvalue weighted by molar-refractivity contribution is -0.153. The van der Waals surface area contributed by atoms with Crippen molar-refractivity contribution in [1.29, 1.82) is 0 Å². The predicted molar refractivity (Wildman–Crippen MR) is 92.3 cm³/mol. The number of hydrogen-bond donors (Lipinski definition) is 1. The van der Waals surface area contributed by atoms with Crippen LogP contribution < -0.4 is 0 Å². The Balaban J connectivity index is 0.000000406. The second kappa shape index (κ2) is 10.5. The summed E-state index contributed by atoms with van der Waals surface area (Å²) in [6.45, 7) is 12.1. The molecule has 0 bridgehead atoms. The van der Waals surface area contributed by atoms with Crippen LogP contribution in [-0.4, -0.2) is 17.2 Å². The fourth-order valence-electron chi connectivity index (χ4n) is 2.11. The topological polar surface area (TPSA) is 46.5 Å². The number of phenolic OH excluding ortho intramolecular Hbond substituents is 1. The summed E-state index contributed by atoms with van der Waals surface area (Å²) in [4.78, 5) is 11.0. The Hall–Kier alpha value is -1.22. The van der Waals surface area contributed by atoms with Gasteiger partial charge < -0.3 is 9.84 Å². The van der Waals surface area contributed by atoms with Crippen molar-refractivity contribution >= 4 is 17.6 Å². The second-order valence-corrected chi connectivity index (χ2v) is 6.40. The summed E-state index contributed by atoms with van der Waals surface area (Å²) in [5, 5.41) is 9.63. The van der Waals surface area contributed by atoms with Crippen LogP contribution in [0.25, 0.3) is 0 Å². The third-order valence-electron chi connectivity index (χ3n) is 3.22. The normalized spacial score (nSPS) is 10.6. The number of carbonyl (C=O) groups excluding carboxylic acids is 1. The van der Waals surface area contributed by atoms with Crippen molar-refractivity contribution in [3.8, 4) is 5.75 Å². The highest BCUT2D eigenvalue weighted by Crippen LogP contribution is 2.19. The zero-order chi connectivity index (χ0) is 17.3. The molecule has 0 saturated heterocycles. The van der Waals surface area contributed by atoms with E-state index in [1.807, 2.05) is 19.9 Å². The van der Waals surface area contributed by atoms with E-state index in [1.165, 1.54) is 6.07 Å². The molecule has 0 aliphatic carbocycles. The number of ether oxygens (including phenoxy) is 1. The van der Waals surface area contributed by atoms with Gasteiger partial charge in [0.15, 0.2) is 0 Å². The average molecular weight is 329 g/mol. The molecule has 1 aromatic carbocycles. The number of aryl methyl sites for hydroxylation is 1. The molecule has 3 nitrogen and oxygen atoms in total. The van der Waals surface area contributed by atoms with Crippen LogP contribution in [0, 0.1) is 11.8 Å². The van der Waals surface area contributed by atoms with Crippen molar-refractivity contribution in [1.82, 2.24) is 0 Å². The van der Waals surface area contributed by atoms with E-state index in [1.54, 1.807) is 6.07 Å². The molecule has 0 unspecified atom stereocenters. The van der Waals surface area contributed by atoms with E-state index < -0.39 is 0 Å². The predicted octanol–water partition coefficient (Wildman–Crippen LogP) is 5.23. The first-order valence-corrected chi connectivity index (χ1v) is 8.26. The number of halogens is 1. The van der Waals surface area contributed by atoms with Crippen molar-refractivity contribution in [3.05, 3.63) is 28.8 Å². The van der Waals surface area contributed by atoms with Crippen LogP contribution >= 0.6 is 11.6 Å². The molecule has 0 aliphatic heterocycles. The van der Waals surface area contributed by atoms with E-state index in [2.05, 4.69) is 27.7 Å². The fraction of sp³-hybridized carbons (Fsp3) is 0.611. The average Bonchev–Trinajstić information content (AvgIpc) is 2.43. The monoisotopic (exact) mass is 328 g/mol. The summed E-state index contributed by atoms with van der Waals surface area (Å²) in [5.41, 5.74) is 1.06. The molecule has 0 fully saturated rings. The largest absolute Gasteiger partial charge is 0.508 e. The number of hydrogen-bond acceptors (Lipinski definition) is 3. The van der Waals surface area contributed by atoms with Gasteiger partial charge >= 0.3 is 5.97 Å². The lowest BCUT2D eigenvalue weighted by Gasteiger charge is -2.24. The van der Waals surface area contributed by atoms with E-state index in [4.69, 9.17) is 21.4 Å². The summed E-state index contributed by atoms with van der Waals surface area (Å²) in [7, 11) is 0. The van der Waals surface area contributed by atoms with E-state index in [0.717, 1.165) is 12.0 Å². The van der Waals surface area contributed by atoms with E-state index in [9.17, 15) is 4.79 Å². The Kier molecular flexibility index (Phi) is 9.91. The van der Waals surface area contributed by atoms with Crippen molar-refractivity contribution in [2.45, 2.75) is 60.5 Å². The standard InChI is InChI=1S/C10H20O2.C8H9ClO/c1-6-9(11)12-10(7(2)3)8(4)5;1-2-6-3-7(9)5-8(10)4-6/h7-8,10H,6H2,1-5H3;3-5,10H,2H2,1H3. The summed E-state index contributed by atoms with van der Waals surface area (Å²) >= 11 is 5.67. The van der Waals surface area contributed by atoms with Crippen LogP contribution in [0.4, 0.5) is 0 Å². The van der Waals surface area contributed by atoms with Crippen LogP contribution in [0.2, 0.25) is 5.02 Å². The van der Waals surface area contributed by atoms with Gasteiger partial charge in [-0.15, -0.1) is 0 Å². The number of phenols is 1. The van der Waals surface area contributed by atoms with Gasteiger partial charge in [-0.2, -0.15) is 0 Å². The number of aromatic hydroxyl groups is 1. The highest BCUT2D eigenvalue weighted by molar-refractivity contribution is 6.30. The molecule has 0 aromatic heterocycles. The van der Waals surface area contributed by atoms with Gasteiger partial charge in [-0.25, -0.2) is 0 Å². The number of esters is 1. The summed E-state index contributed by atoms with van der Waals surface area (Å²) in [6, 6.07) is 5.09. The molecule has 4 heteroatoms. The molecule has 0 radical (unpaired) electrons. The minimum Gasteiger partial charge on any atom is -0.508 e. The highest BCUT2D eigenvalue weighted by atomic mass is 35.5. The molecule has 0 aliphatic rings. The Bertz CT molecular complexity index is 427. The second-order valence-electron chi connectivity index (χ2n) is 5.97. The van der Waals surface area contributed by atoms with Crippen LogP contribution in [0.3, 0.4) is 0 Å². The van der Waals surface area contributed by atoms with Crippen molar-refractivity contribution in [3.63, 3.8) is 0 Å². The van der Waals surface area contributed by atoms with E-state index in [-0.39, 0.29) is 17.8 Å². The maximum absolute atomic E-state index is 11.0. The van der Waals surface area contributed by atoms with E-state index >= 15 is 0 Å². The van der Waals surface area contributed by atoms with Gasteiger partial charge in [-0.05, 0) is 42.0 Å². The van der Waals surface area contributed by atoms with Gasteiger partial charge in [0.2, 0.25) is 0 Å². The summed E-state index contributed by atoms with van der Waals surface area (Å²) < 4.78 is 5.28. The molecule has 0 heterocycles. The summed E-state index contributed by atoms with van der Waals surface area (Å²) in [5.74, 6) is 0.952. The molecule has 1 rings (SSSR count). The first kappa shape index (κ1) is 20.8. The first-order valence-electron chi connectivity index (χ1n) is 7.89. The van der Waals surface area contributed by atoms with Crippen LogP contribution in [0.15, 0.2) is 18.2 Å². The van der Waals surface area contributed by atoms with Gasteiger partial charge in [-0.1, -0.05) is 53.1 Å². The van der Waals surface area contributed by atoms with Crippen molar-refractivity contribution in [2.24, 2.45) is 11.8 Å². The summed E-state index contributed by atoms with van der Waals surface area (Å²) in [6.07, 6.45) is 1.43.